The molecule has 1 aromatic rings. The van der Waals surface area contributed by atoms with Crippen LogP contribution in [0.3, 0.4) is 0 Å². The van der Waals surface area contributed by atoms with Gasteiger partial charge in [0.2, 0.25) is 0 Å². The van der Waals surface area contributed by atoms with E-state index in [4.69, 9.17) is 9.84 Å². The van der Waals surface area contributed by atoms with Crippen molar-refractivity contribution in [1.82, 2.24) is 0 Å². The molecule has 0 amide bonds. The number of carbonyl (C=O) groups is 1. The number of rotatable bonds is 3. The fourth-order valence-electron chi connectivity index (χ4n) is 2.28. The van der Waals surface area contributed by atoms with Crippen LogP contribution in [0, 0.1) is 6.92 Å². The maximum Gasteiger partial charge on any atom is 0.335 e. The minimum atomic E-state index is -0.879. The SMILES string of the molecule is COC1CCN(c2ccc(C(=O)O)cc2C)C1. The first-order valence-electron chi connectivity index (χ1n) is 5.73. The van der Waals surface area contributed by atoms with E-state index in [0.29, 0.717) is 5.56 Å². The Morgan fingerprint density at radius 3 is 2.82 bits per heavy atom. The molecule has 1 atom stereocenters. The van der Waals surface area contributed by atoms with Gasteiger partial charge in [-0.05, 0) is 37.1 Å². The Morgan fingerprint density at radius 2 is 2.29 bits per heavy atom. The normalized spacial score (nSPS) is 19.6. The molecule has 1 aromatic carbocycles. The number of carboxylic acid groups (broad SMARTS) is 1. The molecular weight excluding hydrogens is 218 g/mol. The van der Waals surface area contributed by atoms with E-state index in [0.717, 1.165) is 30.8 Å². The second-order valence-corrected chi connectivity index (χ2v) is 4.40. The lowest BCUT2D eigenvalue weighted by atomic mass is 10.1. The van der Waals surface area contributed by atoms with E-state index >= 15 is 0 Å². The third-order valence-electron chi connectivity index (χ3n) is 3.26. The van der Waals surface area contributed by atoms with Crippen molar-refractivity contribution in [2.75, 3.05) is 25.1 Å². The number of nitrogens with zero attached hydrogens (tertiary/aromatic N) is 1. The Morgan fingerprint density at radius 1 is 1.53 bits per heavy atom. The predicted molar refractivity (Wildman–Crippen MR) is 65.8 cm³/mol. The van der Waals surface area contributed by atoms with E-state index in [2.05, 4.69) is 4.90 Å². The zero-order valence-corrected chi connectivity index (χ0v) is 10.1. The lowest BCUT2D eigenvalue weighted by Crippen LogP contribution is -2.23. The van der Waals surface area contributed by atoms with Gasteiger partial charge in [-0.3, -0.25) is 0 Å². The van der Waals surface area contributed by atoms with Crippen LogP contribution >= 0.6 is 0 Å². The number of methoxy groups -OCH3 is 1. The van der Waals surface area contributed by atoms with Gasteiger partial charge in [0.1, 0.15) is 0 Å². The fraction of sp³-hybridized carbons (Fsp3) is 0.462. The van der Waals surface area contributed by atoms with Gasteiger partial charge in [0.25, 0.3) is 0 Å². The van der Waals surface area contributed by atoms with Gasteiger partial charge < -0.3 is 14.7 Å². The molecule has 1 saturated heterocycles. The van der Waals surface area contributed by atoms with E-state index in [1.807, 2.05) is 13.0 Å². The van der Waals surface area contributed by atoms with Crippen LogP contribution in [-0.2, 0) is 4.74 Å². The number of carboxylic acids is 1. The molecule has 17 heavy (non-hydrogen) atoms. The van der Waals surface area contributed by atoms with Crippen molar-refractivity contribution in [2.45, 2.75) is 19.4 Å². The summed E-state index contributed by atoms with van der Waals surface area (Å²) in [7, 11) is 1.73. The minimum absolute atomic E-state index is 0.286. The molecule has 1 N–H and O–H groups in total. The predicted octanol–water partition coefficient (Wildman–Crippen LogP) is 1.92. The largest absolute Gasteiger partial charge is 0.478 e. The first-order chi connectivity index (χ1) is 8.11. The van der Waals surface area contributed by atoms with Gasteiger partial charge in [-0.15, -0.1) is 0 Å². The molecule has 0 aromatic heterocycles. The summed E-state index contributed by atoms with van der Waals surface area (Å²) in [6, 6.07) is 5.26. The molecule has 0 bridgehead atoms. The summed E-state index contributed by atoms with van der Waals surface area (Å²) < 4.78 is 5.33. The highest BCUT2D eigenvalue weighted by Gasteiger charge is 2.23. The molecule has 1 fully saturated rings. The molecule has 0 radical (unpaired) electrons. The smallest absolute Gasteiger partial charge is 0.335 e. The maximum absolute atomic E-state index is 10.9. The second kappa shape index (κ2) is 4.75. The monoisotopic (exact) mass is 235 g/mol. The molecular formula is C13H17NO3. The number of aryl methyl sites for hydroxylation is 1. The summed E-state index contributed by atoms with van der Waals surface area (Å²) in [6.07, 6.45) is 1.31. The molecule has 1 heterocycles. The van der Waals surface area contributed by atoms with Crippen molar-refractivity contribution in [3.05, 3.63) is 29.3 Å². The molecule has 4 heteroatoms. The van der Waals surface area contributed by atoms with Gasteiger partial charge >= 0.3 is 5.97 Å². The van der Waals surface area contributed by atoms with Gasteiger partial charge in [-0.2, -0.15) is 0 Å². The molecule has 1 unspecified atom stereocenters. The van der Waals surface area contributed by atoms with Crippen molar-refractivity contribution in [1.29, 1.82) is 0 Å². The fourth-order valence-corrected chi connectivity index (χ4v) is 2.28. The quantitative estimate of drug-likeness (QED) is 0.869. The molecule has 4 nitrogen and oxygen atoms in total. The van der Waals surface area contributed by atoms with Gasteiger partial charge in [-0.25, -0.2) is 4.79 Å². The van der Waals surface area contributed by atoms with E-state index < -0.39 is 5.97 Å². The first kappa shape index (κ1) is 11.9. The Labute approximate surface area is 101 Å². The Kier molecular flexibility index (Phi) is 3.33. The molecule has 2 rings (SSSR count). The topological polar surface area (TPSA) is 49.8 Å². The maximum atomic E-state index is 10.9. The highest BCUT2D eigenvalue weighted by Crippen LogP contribution is 2.26. The minimum Gasteiger partial charge on any atom is -0.478 e. The molecule has 1 aliphatic heterocycles. The molecule has 0 spiro atoms. The van der Waals surface area contributed by atoms with Crippen molar-refractivity contribution >= 4 is 11.7 Å². The lowest BCUT2D eigenvalue weighted by Gasteiger charge is -2.20. The number of aromatic carboxylic acids is 1. The van der Waals surface area contributed by atoms with Gasteiger partial charge in [-0.1, -0.05) is 0 Å². The molecule has 0 aliphatic carbocycles. The number of hydrogen-bond donors (Lipinski definition) is 1. The average Bonchev–Trinajstić information content (AvgIpc) is 2.77. The van der Waals surface area contributed by atoms with Crippen LogP contribution in [0.2, 0.25) is 0 Å². The van der Waals surface area contributed by atoms with Crippen LogP contribution in [-0.4, -0.2) is 37.4 Å². The Balaban J connectivity index is 2.20. The lowest BCUT2D eigenvalue weighted by molar-refractivity contribution is 0.0697. The third-order valence-corrected chi connectivity index (χ3v) is 3.26. The van der Waals surface area contributed by atoms with Crippen LogP contribution in [0.25, 0.3) is 0 Å². The summed E-state index contributed by atoms with van der Waals surface area (Å²) >= 11 is 0. The summed E-state index contributed by atoms with van der Waals surface area (Å²) in [6.45, 7) is 3.79. The highest BCUT2D eigenvalue weighted by molar-refractivity contribution is 5.88. The number of anilines is 1. The number of hydrogen-bond acceptors (Lipinski definition) is 3. The average molecular weight is 235 g/mol. The molecule has 1 aliphatic rings. The van der Waals surface area contributed by atoms with Crippen LogP contribution in [0.15, 0.2) is 18.2 Å². The van der Waals surface area contributed by atoms with Crippen molar-refractivity contribution in [2.24, 2.45) is 0 Å². The van der Waals surface area contributed by atoms with Gasteiger partial charge in [0.15, 0.2) is 0 Å². The van der Waals surface area contributed by atoms with Crippen LogP contribution in [0.4, 0.5) is 5.69 Å². The molecule has 92 valence electrons. The summed E-state index contributed by atoms with van der Waals surface area (Å²) in [5.41, 5.74) is 2.45. The zero-order valence-electron chi connectivity index (χ0n) is 10.1. The van der Waals surface area contributed by atoms with Crippen LogP contribution in [0.5, 0.6) is 0 Å². The Bertz CT molecular complexity index is 431. The van der Waals surface area contributed by atoms with Crippen molar-refractivity contribution in [3.63, 3.8) is 0 Å². The summed E-state index contributed by atoms with van der Waals surface area (Å²) in [5, 5.41) is 8.91. The number of ether oxygens (including phenoxy) is 1. The van der Waals surface area contributed by atoms with Gasteiger partial charge in [0, 0.05) is 25.9 Å². The Hall–Kier alpha value is -1.55. The van der Waals surface area contributed by atoms with Crippen LogP contribution in [0.1, 0.15) is 22.3 Å². The number of benzene rings is 1. The summed E-state index contributed by atoms with van der Waals surface area (Å²) in [5.74, 6) is -0.879. The van der Waals surface area contributed by atoms with Crippen molar-refractivity contribution < 1.29 is 14.6 Å². The standard InChI is InChI=1S/C13H17NO3/c1-9-7-10(13(15)16)3-4-12(9)14-6-5-11(8-14)17-2/h3-4,7,11H,5-6,8H2,1-2H3,(H,15,16). The summed E-state index contributed by atoms with van der Waals surface area (Å²) in [4.78, 5) is 13.1. The van der Waals surface area contributed by atoms with Crippen LogP contribution < -0.4 is 4.90 Å². The van der Waals surface area contributed by atoms with Crippen molar-refractivity contribution in [3.8, 4) is 0 Å². The zero-order chi connectivity index (χ0) is 12.4. The second-order valence-electron chi connectivity index (χ2n) is 4.40. The third kappa shape index (κ3) is 2.42. The van der Waals surface area contributed by atoms with E-state index in [1.165, 1.54) is 0 Å². The van der Waals surface area contributed by atoms with Gasteiger partial charge in [0.05, 0.1) is 11.7 Å². The first-order valence-corrected chi connectivity index (χ1v) is 5.73. The highest BCUT2D eigenvalue weighted by atomic mass is 16.5. The van der Waals surface area contributed by atoms with E-state index in [-0.39, 0.29) is 6.10 Å². The van der Waals surface area contributed by atoms with E-state index in [9.17, 15) is 4.79 Å². The molecule has 0 saturated carbocycles. The van der Waals surface area contributed by atoms with E-state index in [1.54, 1.807) is 19.2 Å².